The topological polar surface area (TPSA) is 96.9 Å². The molecule has 0 fully saturated rings. The minimum Gasteiger partial charge on any atom is -0.373 e. The van der Waals surface area contributed by atoms with E-state index >= 15 is 0 Å². The van der Waals surface area contributed by atoms with Gasteiger partial charge in [0, 0.05) is 38.0 Å². The number of benzene rings is 1. The van der Waals surface area contributed by atoms with E-state index in [0.29, 0.717) is 23.8 Å². The quantitative estimate of drug-likeness (QED) is 0.662. The van der Waals surface area contributed by atoms with Crippen molar-refractivity contribution in [2.75, 3.05) is 18.9 Å². The van der Waals surface area contributed by atoms with Gasteiger partial charge in [0.1, 0.15) is 11.5 Å². The molecule has 7 nitrogen and oxygen atoms in total. The number of rotatable bonds is 7. The first-order valence-electron chi connectivity index (χ1n) is 8.10. The van der Waals surface area contributed by atoms with Gasteiger partial charge in [-0.2, -0.15) is 0 Å². The Kier molecular flexibility index (Phi) is 5.55. The molecule has 2 N–H and O–H groups in total. The van der Waals surface area contributed by atoms with E-state index in [1.54, 1.807) is 49.6 Å². The van der Waals surface area contributed by atoms with E-state index in [-0.39, 0.29) is 11.4 Å². The molecule has 3 aromatic rings. The first kappa shape index (κ1) is 18.0. The fourth-order valence-electron chi connectivity index (χ4n) is 2.36. The first-order valence-corrected chi connectivity index (χ1v) is 9.58. The van der Waals surface area contributed by atoms with Crippen molar-refractivity contribution in [3.8, 4) is 11.5 Å². The van der Waals surface area contributed by atoms with Crippen LogP contribution >= 0.6 is 0 Å². The number of nitrogens with one attached hydrogen (secondary N) is 2. The van der Waals surface area contributed by atoms with Crippen molar-refractivity contribution >= 4 is 15.8 Å². The van der Waals surface area contributed by atoms with Gasteiger partial charge in [-0.05, 0) is 24.3 Å². The van der Waals surface area contributed by atoms with Crippen LogP contribution < -0.4 is 10.0 Å². The summed E-state index contributed by atoms with van der Waals surface area (Å²) in [7, 11) is -1.76. The highest BCUT2D eigenvalue weighted by atomic mass is 32.2. The van der Waals surface area contributed by atoms with Crippen LogP contribution in [0, 0.1) is 0 Å². The monoisotopic (exact) mass is 369 g/mol. The molecule has 2 aromatic heterocycles. The van der Waals surface area contributed by atoms with Gasteiger partial charge in [0.15, 0.2) is 5.82 Å². The van der Waals surface area contributed by atoms with Crippen molar-refractivity contribution < 1.29 is 8.42 Å². The summed E-state index contributed by atoms with van der Waals surface area (Å²) in [5, 5.41) is 2.99. The van der Waals surface area contributed by atoms with Gasteiger partial charge in [0.05, 0.1) is 4.90 Å². The zero-order valence-corrected chi connectivity index (χ0v) is 15.1. The lowest BCUT2D eigenvalue weighted by molar-refractivity contribution is 0.581. The van der Waals surface area contributed by atoms with Crippen molar-refractivity contribution in [3.05, 3.63) is 66.5 Å². The van der Waals surface area contributed by atoms with Gasteiger partial charge >= 0.3 is 0 Å². The Bertz CT molecular complexity index is 963. The maximum Gasteiger partial charge on any atom is 0.240 e. The lowest BCUT2D eigenvalue weighted by Gasteiger charge is -2.09. The molecule has 2 heterocycles. The Morgan fingerprint density at radius 1 is 1.00 bits per heavy atom. The van der Waals surface area contributed by atoms with Crippen LogP contribution in [0.25, 0.3) is 11.5 Å². The van der Waals surface area contributed by atoms with Crippen molar-refractivity contribution in [2.24, 2.45) is 0 Å². The Hall–Kier alpha value is -2.84. The van der Waals surface area contributed by atoms with E-state index in [9.17, 15) is 8.42 Å². The van der Waals surface area contributed by atoms with E-state index in [0.717, 1.165) is 5.69 Å². The van der Waals surface area contributed by atoms with Gasteiger partial charge in [-0.25, -0.2) is 23.1 Å². The van der Waals surface area contributed by atoms with Gasteiger partial charge in [-0.3, -0.25) is 4.98 Å². The molecule has 0 saturated heterocycles. The largest absolute Gasteiger partial charge is 0.373 e. The third-order valence-corrected chi connectivity index (χ3v) is 5.13. The molecule has 8 heteroatoms. The third kappa shape index (κ3) is 4.41. The summed E-state index contributed by atoms with van der Waals surface area (Å²) < 4.78 is 27.1. The molecule has 3 rings (SSSR count). The smallest absolute Gasteiger partial charge is 0.240 e. The van der Waals surface area contributed by atoms with Gasteiger partial charge in [-0.15, -0.1) is 0 Å². The molecule has 0 saturated carbocycles. The average Bonchev–Trinajstić information content (AvgIpc) is 2.69. The highest BCUT2D eigenvalue weighted by Crippen LogP contribution is 2.16. The van der Waals surface area contributed by atoms with E-state index in [2.05, 4.69) is 25.0 Å². The van der Waals surface area contributed by atoms with Crippen LogP contribution in [-0.4, -0.2) is 37.0 Å². The number of sulfonamides is 1. The zero-order chi connectivity index (χ0) is 18.4. The molecule has 0 aliphatic carbocycles. The Morgan fingerprint density at radius 2 is 1.77 bits per heavy atom. The Balaban J connectivity index is 1.74. The number of hydrogen-bond acceptors (Lipinski definition) is 6. The highest BCUT2D eigenvalue weighted by Gasteiger charge is 2.13. The second kappa shape index (κ2) is 8.03. The number of anilines is 1. The van der Waals surface area contributed by atoms with Gasteiger partial charge in [-0.1, -0.05) is 24.3 Å². The summed E-state index contributed by atoms with van der Waals surface area (Å²) >= 11 is 0. The summed E-state index contributed by atoms with van der Waals surface area (Å²) in [6, 6.07) is 15.6. The predicted molar refractivity (Wildman–Crippen MR) is 100 cm³/mol. The normalized spacial score (nSPS) is 11.3. The van der Waals surface area contributed by atoms with Crippen molar-refractivity contribution in [3.63, 3.8) is 0 Å². The second-order valence-corrected chi connectivity index (χ2v) is 7.26. The van der Waals surface area contributed by atoms with Crippen LogP contribution in [0.3, 0.4) is 0 Å². The molecule has 0 aliphatic rings. The molecule has 0 atom stereocenters. The lowest BCUT2D eigenvalue weighted by Crippen LogP contribution is -2.26. The third-order valence-electron chi connectivity index (χ3n) is 3.66. The van der Waals surface area contributed by atoms with Gasteiger partial charge in [0.2, 0.25) is 10.0 Å². The van der Waals surface area contributed by atoms with Crippen LogP contribution in [0.5, 0.6) is 0 Å². The fraction of sp³-hybridized carbons (Fsp3) is 0.167. The summed E-state index contributed by atoms with van der Waals surface area (Å²) in [5.74, 6) is 1.15. The molecule has 0 aliphatic heterocycles. The molecular weight excluding hydrogens is 350 g/mol. The maximum absolute atomic E-state index is 12.3. The number of nitrogens with zero attached hydrogens (tertiary/aromatic N) is 3. The minimum atomic E-state index is -3.53. The van der Waals surface area contributed by atoms with Crippen LogP contribution in [0.15, 0.2) is 65.7 Å². The van der Waals surface area contributed by atoms with Gasteiger partial charge < -0.3 is 5.32 Å². The summed E-state index contributed by atoms with van der Waals surface area (Å²) in [6.07, 6.45) is 2.11. The molecule has 134 valence electrons. The molecule has 0 bridgehead atoms. The fourth-order valence-corrected chi connectivity index (χ4v) is 3.41. The first-order chi connectivity index (χ1) is 12.6. The van der Waals surface area contributed by atoms with Crippen LogP contribution in [0.2, 0.25) is 0 Å². The molecule has 0 radical (unpaired) electrons. The molecule has 0 unspecified atom stereocenters. The lowest BCUT2D eigenvalue weighted by atomic mass is 10.2. The summed E-state index contributed by atoms with van der Waals surface area (Å²) in [5.41, 5.74) is 1.39. The standard InChI is InChI=1S/C18H19N5O2S/c1-19-17-13-14(22-18(23-17)16-9-5-6-11-20-16)10-12-21-26(24,25)15-7-3-2-4-8-15/h2-9,11,13,21H,10,12H2,1H3,(H,19,22,23). The maximum atomic E-state index is 12.3. The van der Waals surface area contributed by atoms with E-state index in [4.69, 9.17) is 0 Å². The minimum absolute atomic E-state index is 0.235. The van der Waals surface area contributed by atoms with Crippen molar-refractivity contribution in [2.45, 2.75) is 11.3 Å². The molecular formula is C18H19N5O2S. The molecule has 26 heavy (non-hydrogen) atoms. The van der Waals surface area contributed by atoms with E-state index in [1.807, 2.05) is 18.2 Å². The Labute approximate surface area is 152 Å². The van der Waals surface area contributed by atoms with E-state index < -0.39 is 10.0 Å². The van der Waals surface area contributed by atoms with Crippen LogP contribution in [-0.2, 0) is 16.4 Å². The molecule has 0 spiro atoms. The van der Waals surface area contributed by atoms with Gasteiger partial charge in [0.25, 0.3) is 0 Å². The Morgan fingerprint density at radius 3 is 2.46 bits per heavy atom. The number of aromatic nitrogens is 3. The number of hydrogen-bond donors (Lipinski definition) is 2. The zero-order valence-electron chi connectivity index (χ0n) is 14.3. The highest BCUT2D eigenvalue weighted by molar-refractivity contribution is 7.89. The molecule has 0 amide bonds. The molecule has 1 aromatic carbocycles. The SMILES string of the molecule is CNc1cc(CCNS(=O)(=O)c2ccccc2)nc(-c2ccccn2)n1. The van der Waals surface area contributed by atoms with Crippen molar-refractivity contribution in [1.82, 2.24) is 19.7 Å². The van der Waals surface area contributed by atoms with Crippen LogP contribution in [0.1, 0.15) is 5.69 Å². The predicted octanol–water partition coefficient (Wildman–Crippen LogP) is 2.10. The summed E-state index contributed by atoms with van der Waals surface area (Å²) in [6.45, 7) is 0.235. The average molecular weight is 369 g/mol. The van der Waals surface area contributed by atoms with E-state index in [1.165, 1.54) is 0 Å². The summed E-state index contributed by atoms with van der Waals surface area (Å²) in [4.78, 5) is 13.4. The second-order valence-electron chi connectivity index (χ2n) is 5.49. The van der Waals surface area contributed by atoms with Crippen molar-refractivity contribution in [1.29, 1.82) is 0 Å². The van der Waals surface area contributed by atoms with Crippen LogP contribution in [0.4, 0.5) is 5.82 Å². The number of pyridine rings is 1.